The first-order valence-electron chi connectivity index (χ1n) is 11.4. The Kier molecular flexibility index (Phi) is 7.31. The zero-order valence-corrected chi connectivity index (χ0v) is 20.6. The van der Waals surface area contributed by atoms with Gasteiger partial charge < -0.3 is 9.88 Å². The molecule has 0 spiro atoms. The van der Waals surface area contributed by atoms with Crippen molar-refractivity contribution in [3.63, 3.8) is 0 Å². The number of anilines is 1. The van der Waals surface area contributed by atoms with Crippen molar-refractivity contribution in [1.29, 1.82) is 0 Å². The van der Waals surface area contributed by atoms with Crippen LogP contribution in [0.2, 0.25) is 0 Å². The summed E-state index contributed by atoms with van der Waals surface area (Å²) in [5.41, 5.74) is 4.09. The lowest BCUT2D eigenvalue weighted by atomic mass is 10.1. The number of carbonyl (C=O) groups is 1. The summed E-state index contributed by atoms with van der Waals surface area (Å²) in [6.45, 7) is 3.78. The Hall–Kier alpha value is -3.91. The molecule has 35 heavy (non-hydrogen) atoms. The zero-order valence-electron chi connectivity index (χ0n) is 19.8. The van der Waals surface area contributed by atoms with E-state index in [1.54, 1.807) is 48.9 Å². The number of nitrogens with zero attached hydrogens (tertiary/aromatic N) is 3. The lowest BCUT2D eigenvalue weighted by Crippen LogP contribution is -2.41. The first-order chi connectivity index (χ1) is 16.9. The van der Waals surface area contributed by atoms with Crippen LogP contribution >= 0.6 is 0 Å². The van der Waals surface area contributed by atoms with Gasteiger partial charge in [-0.3, -0.25) is 9.10 Å². The maximum absolute atomic E-state index is 13.7. The maximum atomic E-state index is 13.7. The van der Waals surface area contributed by atoms with Gasteiger partial charge in [0.2, 0.25) is 5.91 Å². The summed E-state index contributed by atoms with van der Waals surface area (Å²) < 4.78 is 30.4. The number of hydrogen-bond acceptors (Lipinski definition) is 4. The molecule has 1 N–H and O–H groups in total. The normalized spacial score (nSPS) is 11.3. The molecule has 7 nitrogen and oxygen atoms in total. The highest BCUT2D eigenvalue weighted by atomic mass is 32.2. The third-order valence-electron chi connectivity index (χ3n) is 5.79. The molecule has 0 aliphatic heterocycles. The van der Waals surface area contributed by atoms with Gasteiger partial charge in [-0.1, -0.05) is 61.0 Å². The van der Waals surface area contributed by atoms with Crippen LogP contribution in [0.4, 0.5) is 5.69 Å². The molecule has 0 radical (unpaired) electrons. The summed E-state index contributed by atoms with van der Waals surface area (Å²) in [6.07, 6.45) is 5.85. The lowest BCUT2D eigenvalue weighted by Gasteiger charge is -2.26. The highest BCUT2D eigenvalue weighted by Crippen LogP contribution is 2.27. The number of nitrogens with one attached hydrogen (secondary N) is 1. The largest absolute Gasteiger partial charge is 0.350 e. The highest BCUT2D eigenvalue weighted by molar-refractivity contribution is 7.92. The second-order valence-electron chi connectivity index (χ2n) is 8.18. The van der Waals surface area contributed by atoms with Gasteiger partial charge in [-0.25, -0.2) is 13.4 Å². The zero-order chi connectivity index (χ0) is 24.8. The number of rotatable bonds is 9. The molecule has 0 aliphatic rings. The molecule has 0 unspecified atom stereocenters. The number of hydrogen-bond donors (Lipinski definition) is 1. The summed E-state index contributed by atoms with van der Waals surface area (Å²) in [5, 5.41) is 2.89. The Morgan fingerprint density at radius 1 is 0.971 bits per heavy atom. The summed E-state index contributed by atoms with van der Waals surface area (Å²) in [5.74, 6) is -0.396. The van der Waals surface area contributed by atoms with Crippen molar-refractivity contribution in [3.05, 3.63) is 108 Å². The predicted molar refractivity (Wildman–Crippen MR) is 137 cm³/mol. The van der Waals surface area contributed by atoms with E-state index in [0.29, 0.717) is 12.1 Å². The highest BCUT2D eigenvalue weighted by Gasteiger charge is 2.28. The van der Waals surface area contributed by atoms with Crippen LogP contribution in [0.3, 0.4) is 0 Å². The summed E-state index contributed by atoms with van der Waals surface area (Å²) in [6, 6.07) is 21.6. The molecule has 1 aromatic heterocycles. The fraction of sp³-hybridized carbons (Fsp3) is 0.185. The van der Waals surface area contributed by atoms with Gasteiger partial charge in [0.1, 0.15) is 6.54 Å². The van der Waals surface area contributed by atoms with Crippen molar-refractivity contribution >= 4 is 21.6 Å². The fourth-order valence-electron chi connectivity index (χ4n) is 3.88. The number of sulfonamides is 1. The number of aromatic nitrogens is 2. The van der Waals surface area contributed by atoms with Crippen LogP contribution in [-0.2, 0) is 27.8 Å². The van der Waals surface area contributed by atoms with Gasteiger partial charge in [0.25, 0.3) is 10.0 Å². The summed E-state index contributed by atoms with van der Waals surface area (Å²) in [7, 11) is -3.96. The van der Waals surface area contributed by atoms with Crippen LogP contribution in [-0.4, -0.2) is 30.4 Å². The number of benzene rings is 3. The summed E-state index contributed by atoms with van der Waals surface area (Å²) >= 11 is 0. The van der Waals surface area contributed by atoms with E-state index >= 15 is 0 Å². The molecular formula is C27H28N4O3S. The number of amides is 1. The van der Waals surface area contributed by atoms with E-state index in [0.717, 1.165) is 22.4 Å². The molecule has 3 aromatic carbocycles. The lowest BCUT2D eigenvalue weighted by molar-refractivity contribution is -0.119. The number of para-hydroxylation sites is 2. The molecule has 0 saturated carbocycles. The molecule has 1 heterocycles. The number of aryl methyl sites for hydroxylation is 2. The monoisotopic (exact) mass is 488 g/mol. The Bertz CT molecular complexity index is 1400. The van der Waals surface area contributed by atoms with Gasteiger partial charge in [-0.05, 0) is 48.7 Å². The van der Waals surface area contributed by atoms with Crippen molar-refractivity contribution in [2.75, 3.05) is 10.8 Å². The topological polar surface area (TPSA) is 84.3 Å². The molecule has 1 amide bonds. The van der Waals surface area contributed by atoms with E-state index in [1.165, 1.54) is 4.31 Å². The van der Waals surface area contributed by atoms with E-state index < -0.39 is 15.9 Å². The molecular weight excluding hydrogens is 460 g/mol. The molecule has 8 heteroatoms. The van der Waals surface area contributed by atoms with Crippen LogP contribution in [0.15, 0.2) is 96.4 Å². The van der Waals surface area contributed by atoms with Crippen molar-refractivity contribution in [3.8, 4) is 5.69 Å². The average molecular weight is 489 g/mol. The predicted octanol–water partition coefficient (Wildman–Crippen LogP) is 4.25. The van der Waals surface area contributed by atoms with E-state index in [9.17, 15) is 13.2 Å². The van der Waals surface area contributed by atoms with Crippen molar-refractivity contribution < 1.29 is 13.2 Å². The SMILES string of the molecule is CCc1ccccc1N(CC(=O)NCc1ccccc1-n1ccnc1)S(=O)(=O)c1ccc(C)cc1. The molecule has 0 aliphatic carbocycles. The smallest absolute Gasteiger partial charge is 0.264 e. The van der Waals surface area contributed by atoms with E-state index in [1.807, 2.05) is 61.0 Å². The third kappa shape index (κ3) is 5.44. The van der Waals surface area contributed by atoms with Crippen molar-refractivity contribution in [1.82, 2.24) is 14.9 Å². The van der Waals surface area contributed by atoms with Gasteiger partial charge in [0.05, 0.1) is 22.6 Å². The van der Waals surface area contributed by atoms with E-state index in [-0.39, 0.29) is 18.0 Å². The van der Waals surface area contributed by atoms with Gasteiger partial charge >= 0.3 is 0 Å². The molecule has 4 aromatic rings. The third-order valence-corrected chi connectivity index (χ3v) is 7.56. The first kappa shape index (κ1) is 24.2. The standard InChI is InChI=1S/C27H28N4O3S/c1-3-22-8-4-7-11-26(22)31(35(33,34)24-14-12-21(2)13-15-24)19-27(32)29-18-23-9-5-6-10-25(23)30-17-16-28-20-30/h4-17,20H,3,18-19H2,1-2H3,(H,29,32). The van der Waals surface area contributed by atoms with Crippen LogP contribution < -0.4 is 9.62 Å². The quantitative estimate of drug-likeness (QED) is 0.382. The number of carbonyl (C=O) groups excluding carboxylic acids is 1. The van der Waals surface area contributed by atoms with Gasteiger partial charge in [-0.2, -0.15) is 0 Å². The van der Waals surface area contributed by atoms with E-state index in [4.69, 9.17) is 0 Å². The molecule has 0 fully saturated rings. The molecule has 4 rings (SSSR count). The van der Waals surface area contributed by atoms with Crippen molar-refractivity contribution in [2.45, 2.75) is 31.7 Å². The Balaban J connectivity index is 1.61. The first-order valence-corrected chi connectivity index (χ1v) is 12.8. The van der Waals surface area contributed by atoms with E-state index in [2.05, 4.69) is 10.3 Å². The minimum atomic E-state index is -3.96. The summed E-state index contributed by atoms with van der Waals surface area (Å²) in [4.78, 5) is 17.3. The van der Waals surface area contributed by atoms with Gasteiger partial charge in [-0.15, -0.1) is 0 Å². The van der Waals surface area contributed by atoms with Crippen LogP contribution in [0, 0.1) is 6.92 Å². The maximum Gasteiger partial charge on any atom is 0.264 e. The van der Waals surface area contributed by atoms with Crippen LogP contribution in [0.1, 0.15) is 23.6 Å². The van der Waals surface area contributed by atoms with Crippen LogP contribution in [0.5, 0.6) is 0 Å². The van der Waals surface area contributed by atoms with Crippen LogP contribution in [0.25, 0.3) is 5.69 Å². The molecule has 0 bridgehead atoms. The van der Waals surface area contributed by atoms with Crippen molar-refractivity contribution in [2.24, 2.45) is 0 Å². The molecule has 0 saturated heterocycles. The second kappa shape index (κ2) is 10.6. The molecule has 180 valence electrons. The minimum Gasteiger partial charge on any atom is -0.350 e. The minimum absolute atomic E-state index is 0.146. The Labute approximate surface area is 206 Å². The van der Waals surface area contributed by atoms with Gasteiger partial charge in [0, 0.05) is 18.9 Å². The fourth-order valence-corrected chi connectivity index (χ4v) is 5.34. The second-order valence-corrected chi connectivity index (χ2v) is 10.0. The van der Waals surface area contributed by atoms with Gasteiger partial charge in [0.15, 0.2) is 0 Å². The Morgan fingerprint density at radius 2 is 1.66 bits per heavy atom. The Morgan fingerprint density at radius 3 is 2.34 bits per heavy atom. The molecule has 0 atom stereocenters. The number of imidazole rings is 1. The average Bonchev–Trinajstić information content (AvgIpc) is 3.41.